The second-order valence-electron chi connectivity index (χ2n) is 7.21. The van der Waals surface area contributed by atoms with Crippen LogP contribution in [0.15, 0.2) is 30.5 Å². The van der Waals surface area contributed by atoms with Gasteiger partial charge in [0.2, 0.25) is 5.91 Å². The predicted molar refractivity (Wildman–Crippen MR) is 105 cm³/mol. The Morgan fingerprint density at radius 1 is 1.50 bits per heavy atom. The number of fused-ring (bicyclic) bond motifs is 1. The van der Waals surface area contributed by atoms with E-state index in [9.17, 15) is 9.90 Å². The first-order valence-corrected chi connectivity index (χ1v) is 9.50. The van der Waals surface area contributed by atoms with E-state index in [1.165, 1.54) is 0 Å². The number of methoxy groups -OCH3 is 1. The number of ether oxygens (including phenoxy) is 2. The molecule has 1 aromatic heterocycles. The Labute approximate surface area is 164 Å². The number of nitrogens with two attached hydrogens (primary N) is 1. The minimum atomic E-state index is -1.34. The van der Waals surface area contributed by atoms with Crippen molar-refractivity contribution in [3.05, 3.63) is 42.4 Å². The van der Waals surface area contributed by atoms with Crippen LogP contribution in [0.2, 0.25) is 0 Å². The normalized spacial score (nSPS) is 23.5. The summed E-state index contributed by atoms with van der Waals surface area (Å²) < 4.78 is 11.3. The van der Waals surface area contributed by atoms with Crippen LogP contribution in [0.25, 0.3) is 10.9 Å². The molecule has 2 heterocycles. The highest BCUT2D eigenvalue weighted by Gasteiger charge is 2.44. The minimum Gasteiger partial charge on any atom is -0.495 e. The zero-order valence-corrected chi connectivity index (χ0v) is 16.0. The van der Waals surface area contributed by atoms with Crippen LogP contribution < -0.4 is 10.5 Å². The van der Waals surface area contributed by atoms with Crippen LogP contribution in [-0.2, 0) is 16.0 Å². The summed E-state index contributed by atoms with van der Waals surface area (Å²) in [4.78, 5) is 16.5. The number of hydrogen-bond donors (Lipinski definition) is 3. The molecule has 0 aliphatic carbocycles. The van der Waals surface area contributed by atoms with E-state index in [0.717, 1.165) is 29.3 Å². The van der Waals surface area contributed by atoms with Crippen molar-refractivity contribution in [2.24, 2.45) is 5.73 Å². The van der Waals surface area contributed by atoms with Gasteiger partial charge in [-0.3, -0.25) is 9.78 Å². The smallest absolute Gasteiger partial charge is 0.250 e. The van der Waals surface area contributed by atoms with E-state index in [1.807, 2.05) is 18.2 Å². The molecule has 7 nitrogen and oxygen atoms in total. The van der Waals surface area contributed by atoms with Gasteiger partial charge in [0.1, 0.15) is 5.75 Å². The molecule has 1 aliphatic rings. The molecule has 1 radical (unpaired) electrons. The molecule has 28 heavy (non-hydrogen) atoms. The summed E-state index contributed by atoms with van der Waals surface area (Å²) in [5.41, 5.74) is 6.26. The maximum atomic E-state index is 12.0. The number of hydrogen-bond acceptors (Lipinski definition) is 6. The standard InChI is InChI=1S/C21H27N2O5/c1-27-17-10-18-14(4-2-6-19(18)23-12-17)7-8-16-5-3-9-21(28-16,20(22)26)11-15(25)13-24/h2,4,6,9-10,12,15-16,24-25H,3,5,7-8,11,13H2,1H3,(H2,22,26)/t15?,16-,21-/m1/s1. The number of benzene rings is 1. The number of amides is 1. The molecule has 4 N–H and O–H groups in total. The lowest BCUT2D eigenvalue weighted by Crippen LogP contribution is -2.53. The van der Waals surface area contributed by atoms with Gasteiger partial charge in [-0.1, -0.05) is 12.1 Å². The van der Waals surface area contributed by atoms with Gasteiger partial charge in [-0.15, -0.1) is 0 Å². The number of aromatic nitrogens is 1. The number of aryl methyl sites for hydroxylation is 1. The lowest BCUT2D eigenvalue weighted by molar-refractivity contribution is -0.160. The third-order valence-electron chi connectivity index (χ3n) is 5.27. The summed E-state index contributed by atoms with van der Waals surface area (Å²) in [5.74, 6) is 0.0676. The Morgan fingerprint density at radius 3 is 3.04 bits per heavy atom. The van der Waals surface area contributed by atoms with Crippen LogP contribution in [0.3, 0.4) is 0 Å². The highest BCUT2D eigenvalue weighted by atomic mass is 16.5. The molecule has 1 unspecified atom stereocenters. The van der Waals surface area contributed by atoms with Gasteiger partial charge in [0, 0.05) is 18.2 Å². The van der Waals surface area contributed by atoms with Gasteiger partial charge >= 0.3 is 0 Å². The number of nitrogens with zero attached hydrogens (tertiary/aromatic N) is 1. The van der Waals surface area contributed by atoms with Crippen LogP contribution in [0.5, 0.6) is 5.75 Å². The second kappa shape index (κ2) is 8.86. The molecule has 1 saturated heterocycles. The fraction of sp³-hybridized carbons (Fsp3) is 0.476. The Morgan fingerprint density at radius 2 is 2.32 bits per heavy atom. The first-order valence-electron chi connectivity index (χ1n) is 9.50. The van der Waals surface area contributed by atoms with Crippen molar-refractivity contribution in [1.82, 2.24) is 4.98 Å². The molecule has 151 valence electrons. The SMILES string of the molecule is COc1cnc2cccc(CC[C@H]3CC[CH][C@@](CC(O)CO)(C(N)=O)O3)c2c1. The Bertz CT molecular complexity index is 828. The highest BCUT2D eigenvalue weighted by Crippen LogP contribution is 2.34. The molecule has 1 aromatic carbocycles. The zero-order valence-electron chi connectivity index (χ0n) is 16.0. The molecule has 2 aromatic rings. The fourth-order valence-corrected chi connectivity index (χ4v) is 3.75. The minimum absolute atomic E-state index is 0.0370. The largest absolute Gasteiger partial charge is 0.495 e. The van der Waals surface area contributed by atoms with E-state index >= 15 is 0 Å². The number of pyridine rings is 1. The monoisotopic (exact) mass is 387 g/mol. The number of aliphatic hydroxyl groups is 2. The average Bonchev–Trinajstić information content (AvgIpc) is 2.71. The maximum Gasteiger partial charge on any atom is 0.250 e. The topological polar surface area (TPSA) is 115 Å². The average molecular weight is 387 g/mol. The molecule has 1 fully saturated rings. The van der Waals surface area contributed by atoms with Crippen molar-refractivity contribution >= 4 is 16.8 Å². The zero-order chi connectivity index (χ0) is 20.1. The Hall–Kier alpha value is -2.22. The van der Waals surface area contributed by atoms with E-state index in [-0.39, 0.29) is 12.5 Å². The summed E-state index contributed by atoms with van der Waals surface area (Å²) in [6.45, 7) is -0.443. The van der Waals surface area contributed by atoms with E-state index in [4.69, 9.17) is 20.3 Å². The van der Waals surface area contributed by atoms with Gasteiger partial charge < -0.3 is 25.4 Å². The van der Waals surface area contributed by atoms with Gasteiger partial charge in [-0.25, -0.2) is 0 Å². The molecule has 0 bridgehead atoms. The van der Waals surface area contributed by atoms with Crippen LogP contribution >= 0.6 is 0 Å². The van der Waals surface area contributed by atoms with Crippen LogP contribution in [0.1, 0.15) is 31.2 Å². The van der Waals surface area contributed by atoms with Gasteiger partial charge in [-0.05, 0) is 43.4 Å². The lowest BCUT2D eigenvalue weighted by atomic mass is 9.85. The van der Waals surface area contributed by atoms with Crippen molar-refractivity contribution in [1.29, 1.82) is 0 Å². The van der Waals surface area contributed by atoms with Crippen LogP contribution in [0.4, 0.5) is 0 Å². The van der Waals surface area contributed by atoms with E-state index in [0.29, 0.717) is 18.6 Å². The van der Waals surface area contributed by atoms with E-state index in [2.05, 4.69) is 11.1 Å². The van der Waals surface area contributed by atoms with E-state index < -0.39 is 24.2 Å². The molecular weight excluding hydrogens is 360 g/mol. The first-order chi connectivity index (χ1) is 13.5. The van der Waals surface area contributed by atoms with Crippen molar-refractivity contribution in [3.63, 3.8) is 0 Å². The van der Waals surface area contributed by atoms with E-state index in [1.54, 1.807) is 19.7 Å². The first kappa shape index (κ1) is 20.5. The lowest BCUT2D eigenvalue weighted by Gasteiger charge is -2.39. The van der Waals surface area contributed by atoms with Crippen molar-refractivity contribution in [3.8, 4) is 5.75 Å². The van der Waals surface area contributed by atoms with Crippen molar-refractivity contribution in [2.45, 2.75) is 49.9 Å². The van der Waals surface area contributed by atoms with Gasteiger partial charge in [0.25, 0.3) is 0 Å². The highest BCUT2D eigenvalue weighted by molar-refractivity contribution is 5.85. The summed E-state index contributed by atoms with van der Waals surface area (Å²) in [6.07, 6.45) is 5.04. The molecule has 1 amide bonds. The maximum absolute atomic E-state index is 12.0. The van der Waals surface area contributed by atoms with Gasteiger partial charge in [0.15, 0.2) is 5.60 Å². The van der Waals surface area contributed by atoms with Crippen LogP contribution in [0, 0.1) is 6.42 Å². The summed E-state index contributed by atoms with van der Waals surface area (Å²) in [5, 5.41) is 20.0. The summed E-state index contributed by atoms with van der Waals surface area (Å²) >= 11 is 0. The summed E-state index contributed by atoms with van der Waals surface area (Å²) in [6, 6.07) is 7.95. The number of aliphatic hydroxyl groups excluding tert-OH is 2. The Balaban J connectivity index is 1.74. The quantitative estimate of drug-likeness (QED) is 0.633. The molecule has 0 saturated carbocycles. The molecule has 7 heteroatoms. The molecular formula is C21H27N2O5. The van der Waals surface area contributed by atoms with Crippen molar-refractivity contribution < 1.29 is 24.5 Å². The van der Waals surface area contributed by atoms with Gasteiger partial charge in [-0.2, -0.15) is 0 Å². The third-order valence-corrected chi connectivity index (χ3v) is 5.27. The molecule has 1 aliphatic heterocycles. The molecule has 3 atom stereocenters. The van der Waals surface area contributed by atoms with Crippen LogP contribution in [-0.4, -0.2) is 52.6 Å². The summed E-state index contributed by atoms with van der Waals surface area (Å²) in [7, 11) is 1.61. The number of carbonyl (C=O) groups is 1. The Kier molecular flexibility index (Phi) is 6.49. The molecule has 0 spiro atoms. The van der Waals surface area contributed by atoms with Crippen molar-refractivity contribution in [2.75, 3.05) is 13.7 Å². The number of rotatable bonds is 8. The number of primary amides is 1. The number of carbonyl (C=O) groups excluding carboxylic acids is 1. The fourth-order valence-electron chi connectivity index (χ4n) is 3.75. The van der Waals surface area contributed by atoms with Gasteiger partial charge in [0.05, 0.1) is 37.6 Å². The molecule has 3 rings (SSSR count). The predicted octanol–water partition coefficient (Wildman–Crippen LogP) is 1.53. The third kappa shape index (κ3) is 4.43. The second-order valence-corrected chi connectivity index (χ2v) is 7.21.